The topological polar surface area (TPSA) is 105 Å². The summed E-state index contributed by atoms with van der Waals surface area (Å²) in [5.74, 6) is -4.17. The summed E-state index contributed by atoms with van der Waals surface area (Å²) in [6, 6.07) is 17.8. The predicted molar refractivity (Wildman–Crippen MR) is 130 cm³/mol. The van der Waals surface area contributed by atoms with Gasteiger partial charge < -0.3 is 24.7 Å². The van der Waals surface area contributed by atoms with E-state index in [-0.39, 0.29) is 12.2 Å². The van der Waals surface area contributed by atoms with Gasteiger partial charge in [-0.1, -0.05) is 54.6 Å². The number of nitrogens with one attached hydrogen (secondary N) is 1. The second kappa shape index (κ2) is 9.64. The zero-order chi connectivity index (χ0) is 24.5. The lowest BCUT2D eigenvalue weighted by Gasteiger charge is -2.27. The van der Waals surface area contributed by atoms with Crippen LogP contribution in [0.15, 0.2) is 60.0 Å². The molecular formula is C27H24NO6S-. The summed E-state index contributed by atoms with van der Waals surface area (Å²) < 4.78 is 11.0. The molecule has 4 atom stereocenters. The van der Waals surface area contributed by atoms with Crippen molar-refractivity contribution in [3.8, 4) is 22.3 Å². The van der Waals surface area contributed by atoms with Gasteiger partial charge in [0, 0.05) is 22.8 Å². The monoisotopic (exact) mass is 490 g/mol. The van der Waals surface area contributed by atoms with Crippen LogP contribution in [0.2, 0.25) is 0 Å². The van der Waals surface area contributed by atoms with Crippen LogP contribution < -0.4 is 10.4 Å². The molecule has 35 heavy (non-hydrogen) atoms. The van der Waals surface area contributed by atoms with Gasteiger partial charge in [-0.3, -0.25) is 4.79 Å². The molecule has 4 unspecified atom stereocenters. The van der Waals surface area contributed by atoms with Crippen molar-refractivity contribution < 1.29 is 29.0 Å². The van der Waals surface area contributed by atoms with E-state index in [9.17, 15) is 19.5 Å². The Morgan fingerprint density at radius 3 is 2.26 bits per heavy atom. The van der Waals surface area contributed by atoms with Crippen molar-refractivity contribution in [2.75, 3.05) is 11.9 Å². The van der Waals surface area contributed by atoms with Gasteiger partial charge >= 0.3 is 5.97 Å². The molecule has 0 radical (unpaired) electrons. The van der Waals surface area contributed by atoms with Crippen molar-refractivity contribution in [1.29, 1.82) is 0 Å². The van der Waals surface area contributed by atoms with Crippen molar-refractivity contribution >= 4 is 34.2 Å². The fraction of sp³-hybridized carbons (Fsp3) is 0.296. The van der Waals surface area contributed by atoms with Gasteiger partial charge in [0.25, 0.3) is 0 Å². The summed E-state index contributed by atoms with van der Waals surface area (Å²) >= 11 is 1.21. The minimum atomic E-state index is -1.28. The lowest BCUT2D eigenvalue weighted by atomic mass is 9.79. The molecule has 180 valence electrons. The molecule has 2 bridgehead atoms. The van der Waals surface area contributed by atoms with Gasteiger partial charge in [-0.15, -0.1) is 11.3 Å². The van der Waals surface area contributed by atoms with Gasteiger partial charge in [0.1, 0.15) is 10.6 Å². The number of carbonyl (C=O) groups is 3. The maximum Gasteiger partial charge on any atom is 0.341 e. The van der Waals surface area contributed by atoms with Gasteiger partial charge in [-0.2, -0.15) is 0 Å². The summed E-state index contributed by atoms with van der Waals surface area (Å²) in [4.78, 5) is 37.8. The van der Waals surface area contributed by atoms with Gasteiger partial charge in [0.15, 0.2) is 0 Å². The minimum absolute atomic E-state index is 0.182. The minimum Gasteiger partial charge on any atom is -0.550 e. The molecule has 3 heterocycles. The van der Waals surface area contributed by atoms with E-state index < -0.39 is 41.9 Å². The molecule has 1 N–H and O–H groups in total. The fourth-order valence-electron chi connectivity index (χ4n) is 5.05. The number of benzene rings is 2. The van der Waals surface area contributed by atoms with E-state index in [1.54, 1.807) is 12.3 Å². The molecule has 1 amide bonds. The molecule has 0 aliphatic carbocycles. The Morgan fingerprint density at radius 2 is 1.60 bits per heavy atom. The van der Waals surface area contributed by atoms with Crippen LogP contribution in [0.1, 0.15) is 30.1 Å². The number of thiophene rings is 1. The summed E-state index contributed by atoms with van der Waals surface area (Å²) in [6.45, 7) is 1.90. The summed E-state index contributed by atoms with van der Waals surface area (Å²) in [6.07, 6.45) is 0.260. The smallest absolute Gasteiger partial charge is 0.341 e. The van der Waals surface area contributed by atoms with Crippen molar-refractivity contribution in [2.45, 2.75) is 32.0 Å². The number of ether oxygens (including phenoxy) is 2. The van der Waals surface area contributed by atoms with Crippen LogP contribution in [0, 0.1) is 11.8 Å². The zero-order valence-electron chi connectivity index (χ0n) is 19.1. The first-order chi connectivity index (χ1) is 17.0. The van der Waals surface area contributed by atoms with E-state index >= 15 is 0 Å². The third-order valence-corrected chi connectivity index (χ3v) is 7.55. The Hall–Kier alpha value is -3.49. The van der Waals surface area contributed by atoms with Crippen LogP contribution in [0.5, 0.6) is 0 Å². The molecule has 0 spiro atoms. The number of aliphatic carboxylic acids is 1. The van der Waals surface area contributed by atoms with E-state index in [4.69, 9.17) is 9.47 Å². The number of fused-ring (bicyclic) bond motifs is 2. The third kappa shape index (κ3) is 4.35. The molecule has 0 saturated carbocycles. The van der Waals surface area contributed by atoms with Crippen LogP contribution in [0.3, 0.4) is 0 Å². The molecule has 8 heteroatoms. The molecule has 2 aromatic carbocycles. The van der Waals surface area contributed by atoms with Gasteiger partial charge in [-0.05, 0) is 36.5 Å². The predicted octanol–water partition coefficient (Wildman–Crippen LogP) is 3.74. The molecule has 2 aliphatic rings. The number of carboxylic acids is 1. The maximum atomic E-state index is 13.2. The molecule has 5 rings (SSSR count). The van der Waals surface area contributed by atoms with Crippen molar-refractivity contribution in [2.24, 2.45) is 11.8 Å². The summed E-state index contributed by atoms with van der Waals surface area (Å²) in [5, 5.41) is 16.6. The molecule has 3 aromatic rings. The van der Waals surface area contributed by atoms with Crippen LogP contribution in [-0.4, -0.2) is 36.7 Å². The third-order valence-electron chi connectivity index (χ3n) is 6.66. The second-order valence-electron chi connectivity index (χ2n) is 8.67. The highest BCUT2D eigenvalue weighted by Gasteiger charge is 2.53. The van der Waals surface area contributed by atoms with Gasteiger partial charge in [0.2, 0.25) is 5.91 Å². The molecular weight excluding hydrogens is 466 g/mol. The lowest BCUT2D eigenvalue weighted by Crippen LogP contribution is -2.46. The molecule has 2 saturated heterocycles. The van der Waals surface area contributed by atoms with Crippen LogP contribution in [0.4, 0.5) is 5.00 Å². The Kier molecular flexibility index (Phi) is 6.40. The normalized spacial score (nSPS) is 22.7. The van der Waals surface area contributed by atoms with Crippen molar-refractivity contribution in [3.05, 3.63) is 65.5 Å². The number of hydrogen-bond donors (Lipinski definition) is 1. The first-order valence-electron chi connectivity index (χ1n) is 11.6. The van der Waals surface area contributed by atoms with Crippen LogP contribution in [-0.2, 0) is 19.1 Å². The molecule has 1 aromatic heterocycles. The highest BCUT2D eigenvalue weighted by Crippen LogP contribution is 2.44. The van der Waals surface area contributed by atoms with Crippen LogP contribution >= 0.6 is 11.3 Å². The average molecular weight is 491 g/mol. The standard InChI is InChI=1S/C27H25NO6S/c1-2-33-27(32)21-18(17-10-8-16(9-11-17)15-6-4-3-5-7-15)14-35-25(21)28-24(29)22-19-12-13-20(34-19)23(22)26(30)31/h3-11,14,19-20,22-23H,2,12-13H2,1H3,(H,28,29)(H,30,31)/p-1. The molecule has 2 fully saturated rings. The largest absolute Gasteiger partial charge is 0.550 e. The number of amides is 1. The first-order valence-corrected chi connectivity index (χ1v) is 12.5. The number of rotatable bonds is 7. The van der Waals surface area contributed by atoms with Gasteiger partial charge in [0.05, 0.1) is 24.7 Å². The van der Waals surface area contributed by atoms with E-state index in [0.717, 1.165) is 16.7 Å². The summed E-state index contributed by atoms with van der Waals surface area (Å²) in [7, 11) is 0. The number of hydrogen-bond acceptors (Lipinski definition) is 7. The zero-order valence-corrected chi connectivity index (χ0v) is 19.9. The van der Waals surface area contributed by atoms with E-state index in [1.807, 2.05) is 54.6 Å². The average Bonchev–Trinajstić information content (AvgIpc) is 3.59. The number of anilines is 1. The highest BCUT2D eigenvalue weighted by molar-refractivity contribution is 7.15. The first kappa shape index (κ1) is 23.3. The van der Waals surface area contributed by atoms with Crippen LogP contribution in [0.25, 0.3) is 22.3 Å². The summed E-state index contributed by atoms with van der Waals surface area (Å²) in [5.41, 5.74) is 3.83. The Labute approximate surface area is 206 Å². The second-order valence-corrected chi connectivity index (χ2v) is 9.55. The SMILES string of the molecule is CCOC(=O)c1c(-c2ccc(-c3ccccc3)cc2)csc1NC(=O)C1C2CCC(O2)C1C(=O)[O-]. The number of carboxylic acid groups (broad SMARTS) is 1. The quantitative estimate of drug-likeness (QED) is 0.506. The number of esters is 1. The Bertz CT molecular complexity index is 1250. The maximum absolute atomic E-state index is 13.2. The van der Waals surface area contributed by atoms with E-state index in [0.29, 0.717) is 23.4 Å². The molecule has 2 aliphatic heterocycles. The number of carbonyl (C=O) groups excluding carboxylic acids is 3. The lowest BCUT2D eigenvalue weighted by molar-refractivity contribution is -0.313. The Balaban J connectivity index is 1.44. The fourth-order valence-corrected chi connectivity index (χ4v) is 6.01. The Morgan fingerprint density at radius 1 is 0.971 bits per heavy atom. The van der Waals surface area contributed by atoms with Crippen molar-refractivity contribution in [1.82, 2.24) is 0 Å². The highest BCUT2D eigenvalue weighted by atomic mass is 32.1. The molecule has 7 nitrogen and oxygen atoms in total. The van der Waals surface area contributed by atoms with E-state index in [2.05, 4.69) is 5.32 Å². The van der Waals surface area contributed by atoms with Crippen molar-refractivity contribution in [3.63, 3.8) is 0 Å². The van der Waals surface area contributed by atoms with E-state index in [1.165, 1.54) is 11.3 Å². The van der Waals surface area contributed by atoms with Gasteiger partial charge in [-0.25, -0.2) is 4.79 Å².